The molecule has 2 rings (SSSR count). The van der Waals surface area contributed by atoms with E-state index in [9.17, 15) is 23.1 Å². The molecule has 3 N–H and O–H groups in total. The summed E-state index contributed by atoms with van der Waals surface area (Å²) in [5.74, 6) is 0. The molecule has 1 aliphatic carbocycles. The molecule has 0 saturated heterocycles. The highest BCUT2D eigenvalue weighted by atomic mass is 19.4. The Morgan fingerprint density at radius 3 is 2.26 bits per heavy atom. The predicted octanol–water partition coefficient (Wildman–Crippen LogP) is 3.37. The molecule has 1 fully saturated rings. The summed E-state index contributed by atoms with van der Waals surface area (Å²) in [6.07, 6.45) is -1.87. The van der Waals surface area contributed by atoms with Gasteiger partial charge in [-0.1, -0.05) is 12.1 Å². The third-order valence-electron chi connectivity index (χ3n) is 4.12. The van der Waals surface area contributed by atoms with E-state index in [2.05, 4.69) is 10.6 Å². The van der Waals surface area contributed by atoms with Crippen molar-refractivity contribution in [1.82, 2.24) is 10.6 Å². The number of urea groups is 1. The number of aliphatic hydroxyl groups is 1. The number of alkyl halides is 3. The Morgan fingerprint density at radius 2 is 1.74 bits per heavy atom. The zero-order chi connectivity index (χ0) is 17.0. The maximum absolute atomic E-state index is 12.5. The molecule has 0 unspecified atom stereocenters. The summed E-state index contributed by atoms with van der Waals surface area (Å²) in [4.78, 5) is 11.9. The number of nitrogens with one attached hydrogen (secondary N) is 2. The van der Waals surface area contributed by atoms with Crippen LogP contribution in [0.15, 0.2) is 24.3 Å². The van der Waals surface area contributed by atoms with Crippen LogP contribution in [0.1, 0.15) is 49.8 Å². The molecule has 0 spiro atoms. The average molecular weight is 330 g/mol. The van der Waals surface area contributed by atoms with Crippen LogP contribution in [0.25, 0.3) is 0 Å². The van der Waals surface area contributed by atoms with Crippen molar-refractivity contribution in [3.8, 4) is 0 Å². The first-order chi connectivity index (χ1) is 10.8. The largest absolute Gasteiger partial charge is 0.416 e. The zero-order valence-electron chi connectivity index (χ0n) is 12.9. The second-order valence-corrected chi connectivity index (χ2v) is 5.96. The summed E-state index contributed by atoms with van der Waals surface area (Å²) >= 11 is 0. The van der Waals surface area contributed by atoms with Gasteiger partial charge in [0.1, 0.15) is 0 Å². The van der Waals surface area contributed by atoms with Crippen LogP contribution >= 0.6 is 0 Å². The Labute approximate surface area is 133 Å². The van der Waals surface area contributed by atoms with E-state index >= 15 is 0 Å². The molecule has 1 aliphatic rings. The van der Waals surface area contributed by atoms with Crippen LogP contribution in [0.2, 0.25) is 0 Å². The Kier molecular flexibility index (Phi) is 5.51. The van der Waals surface area contributed by atoms with E-state index in [0.29, 0.717) is 18.4 Å². The van der Waals surface area contributed by atoms with E-state index in [0.717, 1.165) is 25.0 Å². The first-order valence-corrected chi connectivity index (χ1v) is 7.68. The number of carbonyl (C=O) groups excluding carboxylic acids is 1. The highest BCUT2D eigenvalue weighted by molar-refractivity contribution is 5.74. The van der Waals surface area contributed by atoms with Gasteiger partial charge in [-0.15, -0.1) is 0 Å². The lowest BCUT2D eigenvalue weighted by atomic mass is 9.93. The summed E-state index contributed by atoms with van der Waals surface area (Å²) in [5, 5.41) is 15.0. The molecular weight excluding hydrogens is 309 g/mol. The topological polar surface area (TPSA) is 61.4 Å². The molecule has 1 aromatic rings. The van der Waals surface area contributed by atoms with Crippen LogP contribution in [0.5, 0.6) is 0 Å². The second-order valence-electron chi connectivity index (χ2n) is 5.96. The van der Waals surface area contributed by atoms with Gasteiger partial charge >= 0.3 is 12.2 Å². The summed E-state index contributed by atoms with van der Waals surface area (Å²) in [5.41, 5.74) is -0.106. The normalized spacial score (nSPS) is 23.2. The lowest BCUT2D eigenvalue weighted by Crippen LogP contribution is -2.44. The van der Waals surface area contributed by atoms with Crippen molar-refractivity contribution in [1.29, 1.82) is 0 Å². The molecule has 0 aliphatic heterocycles. The van der Waals surface area contributed by atoms with E-state index in [1.807, 2.05) is 0 Å². The van der Waals surface area contributed by atoms with Gasteiger partial charge in [0.2, 0.25) is 0 Å². The number of rotatable bonds is 3. The highest BCUT2D eigenvalue weighted by Gasteiger charge is 2.30. The standard InChI is InChI=1S/C16H21F3N2O2/c1-10(11-2-4-12(5-3-11)16(17,18)19)20-15(23)21-13-6-8-14(22)9-7-13/h2-5,10,13-14,22H,6-9H2,1H3,(H2,20,21,23)/t10-,13?,14?/m1/s1. The SMILES string of the molecule is C[C@@H](NC(=O)NC1CCC(O)CC1)c1ccc(C(F)(F)F)cc1. The molecule has 0 heterocycles. The molecular formula is C16H21F3N2O2. The lowest BCUT2D eigenvalue weighted by Gasteiger charge is -2.27. The fourth-order valence-electron chi connectivity index (χ4n) is 2.69. The summed E-state index contributed by atoms with van der Waals surface area (Å²) < 4.78 is 37.6. The van der Waals surface area contributed by atoms with E-state index in [4.69, 9.17) is 0 Å². The van der Waals surface area contributed by atoms with Crippen molar-refractivity contribution < 1.29 is 23.1 Å². The van der Waals surface area contributed by atoms with E-state index in [1.54, 1.807) is 6.92 Å². The fourth-order valence-corrected chi connectivity index (χ4v) is 2.69. The van der Waals surface area contributed by atoms with E-state index in [1.165, 1.54) is 12.1 Å². The van der Waals surface area contributed by atoms with Gasteiger partial charge in [-0.3, -0.25) is 0 Å². The Hall–Kier alpha value is -1.76. The summed E-state index contributed by atoms with van der Waals surface area (Å²) in [6.45, 7) is 1.72. The Morgan fingerprint density at radius 1 is 1.17 bits per heavy atom. The minimum Gasteiger partial charge on any atom is -0.393 e. The second kappa shape index (κ2) is 7.21. The highest BCUT2D eigenvalue weighted by Crippen LogP contribution is 2.29. The maximum Gasteiger partial charge on any atom is 0.416 e. The van der Waals surface area contributed by atoms with Crippen molar-refractivity contribution in [3.63, 3.8) is 0 Å². The summed E-state index contributed by atoms with van der Waals surface area (Å²) in [7, 11) is 0. The van der Waals surface area contributed by atoms with Gasteiger partial charge in [0.05, 0.1) is 17.7 Å². The monoisotopic (exact) mass is 330 g/mol. The first kappa shape index (κ1) is 17.6. The average Bonchev–Trinajstić information content (AvgIpc) is 2.49. The Bertz CT molecular complexity index is 523. The number of amides is 2. The van der Waals surface area contributed by atoms with Crippen LogP contribution in [-0.4, -0.2) is 23.3 Å². The molecule has 7 heteroatoms. The molecule has 1 saturated carbocycles. The summed E-state index contributed by atoms with van der Waals surface area (Å²) in [6, 6.07) is 4.03. The molecule has 0 radical (unpaired) electrons. The van der Waals surface area contributed by atoms with Crippen LogP contribution in [0, 0.1) is 0 Å². The van der Waals surface area contributed by atoms with Crippen LogP contribution in [0.4, 0.5) is 18.0 Å². The zero-order valence-corrected chi connectivity index (χ0v) is 12.9. The van der Waals surface area contributed by atoms with Crippen molar-refractivity contribution in [2.24, 2.45) is 0 Å². The van der Waals surface area contributed by atoms with Gasteiger partial charge < -0.3 is 15.7 Å². The van der Waals surface area contributed by atoms with Crippen molar-refractivity contribution >= 4 is 6.03 Å². The maximum atomic E-state index is 12.5. The molecule has 1 aromatic carbocycles. The van der Waals surface area contributed by atoms with Gasteiger partial charge in [-0.2, -0.15) is 13.2 Å². The van der Waals surface area contributed by atoms with Crippen LogP contribution in [-0.2, 0) is 6.18 Å². The van der Waals surface area contributed by atoms with Gasteiger partial charge in [0.15, 0.2) is 0 Å². The predicted molar refractivity (Wildman–Crippen MR) is 79.8 cm³/mol. The minimum atomic E-state index is -4.36. The quantitative estimate of drug-likeness (QED) is 0.796. The number of hydrogen-bond acceptors (Lipinski definition) is 2. The van der Waals surface area contributed by atoms with Crippen LogP contribution < -0.4 is 10.6 Å². The fraction of sp³-hybridized carbons (Fsp3) is 0.562. The van der Waals surface area contributed by atoms with E-state index in [-0.39, 0.29) is 18.2 Å². The molecule has 2 amide bonds. The number of halogens is 3. The molecule has 4 nitrogen and oxygen atoms in total. The third-order valence-corrected chi connectivity index (χ3v) is 4.12. The molecule has 0 bridgehead atoms. The van der Waals surface area contributed by atoms with Crippen molar-refractivity contribution in [2.75, 3.05) is 0 Å². The minimum absolute atomic E-state index is 0.0261. The molecule has 1 atom stereocenters. The lowest BCUT2D eigenvalue weighted by molar-refractivity contribution is -0.137. The van der Waals surface area contributed by atoms with Gasteiger partial charge in [-0.25, -0.2) is 4.79 Å². The third kappa shape index (κ3) is 5.13. The first-order valence-electron chi connectivity index (χ1n) is 7.68. The van der Waals surface area contributed by atoms with Crippen LogP contribution in [0.3, 0.4) is 0 Å². The van der Waals surface area contributed by atoms with Gasteiger partial charge in [0.25, 0.3) is 0 Å². The molecule has 128 valence electrons. The van der Waals surface area contributed by atoms with Crippen molar-refractivity contribution in [2.45, 2.75) is 57.0 Å². The van der Waals surface area contributed by atoms with Gasteiger partial charge in [0, 0.05) is 6.04 Å². The number of benzene rings is 1. The number of hydrogen-bond donors (Lipinski definition) is 3. The smallest absolute Gasteiger partial charge is 0.393 e. The molecule has 0 aromatic heterocycles. The Balaban J connectivity index is 1.86. The van der Waals surface area contributed by atoms with Gasteiger partial charge in [-0.05, 0) is 50.3 Å². The van der Waals surface area contributed by atoms with E-state index < -0.39 is 17.8 Å². The van der Waals surface area contributed by atoms with Crippen molar-refractivity contribution in [3.05, 3.63) is 35.4 Å². The number of carbonyl (C=O) groups is 1. The number of aliphatic hydroxyl groups excluding tert-OH is 1. The molecule has 23 heavy (non-hydrogen) atoms.